The van der Waals surface area contributed by atoms with Crippen LogP contribution < -0.4 is 0 Å². The van der Waals surface area contributed by atoms with Crippen molar-refractivity contribution in [2.24, 2.45) is 34.0 Å². The number of Topliss-reactive ketones (excluding diaryl/α,β-unsaturated/α-hetero) is 1. The summed E-state index contributed by atoms with van der Waals surface area (Å²) >= 11 is 6.45. The molecule has 0 radical (unpaired) electrons. The fraction of sp³-hybridized carbons (Fsp3) is 0.724. The number of ether oxygens (including phenoxy) is 2. The van der Waals surface area contributed by atoms with Crippen LogP contribution in [0.1, 0.15) is 65.4 Å². The lowest BCUT2D eigenvalue weighted by Gasteiger charge is -2.61. The van der Waals surface area contributed by atoms with E-state index in [2.05, 4.69) is 13.8 Å². The third-order valence-electron chi connectivity index (χ3n) is 10.4. The molecule has 0 aliphatic heterocycles. The summed E-state index contributed by atoms with van der Waals surface area (Å²) in [5.41, 5.74) is -0.736. The third kappa shape index (κ3) is 4.73. The van der Waals surface area contributed by atoms with Crippen molar-refractivity contribution in [3.63, 3.8) is 0 Å². The molecule has 212 valence electrons. The minimum atomic E-state index is -4.14. The van der Waals surface area contributed by atoms with Crippen molar-refractivity contribution in [3.05, 3.63) is 29.8 Å². The Morgan fingerprint density at radius 3 is 2.34 bits per heavy atom. The highest BCUT2D eigenvalue weighted by atomic mass is 35.5. The fourth-order valence-electron chi connectivity index (χ4n) is 7.87. The van der Waals surface area contributed by atoms with Crippen LogP contribution in [0.25, 0.3) is 0 Å². The molecule has 1 aromatic rings. The Hall–Kier alpha value is -1.48. The molecule has 4 rings (SSSR count). The molecule has 3 aliphatic carbocycles. The number of alkyl halides is 1. The number of hydrogen-bond donors (Lipinski definition) is 0. The molecule has 8 atom stereocenters. The number of benzene rings is 1. The number of hydrogen-bond acceptors (Lipinski definition) is 7. The molecule has 2 bridgehead atoms. The molecule has 0 spiro atoms. The smallest absolute Gasteiger partial charge is 0.333 e. The van der Waals surface area contributed by atoms with Crippen LogP contribution in [0.4, 0.5) is 0 Å². The number of esters is 1. The number of halogens is 1. The molecule has 9 heteroatoms. The van der Waals surface area contributed by atoms with Gasteiger partial charge in [-0.2, -0.15) is 8.42 Å². The summed E-state index contributed by atoms with van der Waals surface area (Å²) in [6.45, 7) is 9.35. The van der Waals surface area contributed by atoms with Gasteiger partial charge in [-0.1, -0.05) is 45.4 Å². The Balaban J connectivity index is 1.67. The first-order valence-electron chi connectivity index (χ1n) is 13.5. The second-order valence-corrected chi connectivity index (χ2v) is 14.2. The van der Waals surface area contributed by atoms with Crippen molar-refractivity contribution in [2.75, 3.05) is 19.6 Å². The third-order valence-corrected chi connectivity index (χ3v) is 12.2. The fourth-order valence-corrected chi connectivity index (χ4v) is 8.97. The number of ketones is 1. The number of rotatable bonds is 7. The van der Waals surface area contributed by atoms with Gasteiger partial charge in [-0.05, 0) is 62.5 Å². The zero-order valence-electron chi connectivity index (χ0n) is 23.3. The second kappa shape index (κ2) is 10.5. The lowest BCUT2D eigenvalue weighted by molar-refractivity contribution is -0.206. The van der Waals surface area contributed by atoms with Gasteiger partial charge in [0.05, 0.1) is 11.0 Å². The van der Waals surface area contributed by atoms with Crippen LogP contribution in [0, 0.1) is 40.9 Å². The van der Waals surface area contributed by atoms with Gasteiger partial charge in [0.2, 0.25) is 0 Å². The highest BCUT2D eigenvalue weighted by molar-refractivity contribution is 7.86. The summed E-state index contributed by atoms with van der Waals surface area (Å²) in [6, 6.07) is 6.22. The Bertz CT molecular complexity index is 1170. The van der Waals surface area contributed by atoms with E-state index in [0.717, 1.165) is 31.2 Å². The van der Waals surface area contributed by atoms with Gasteiger partial charge in [0.15, 0.2) is 6.61 Å². The minimum absolute atomic E-state index is 0.0117. The van der Waals surface area contributed by atoms with E-state index in [1.165, 1.54) is 12.1 Å². The van der Waals surface area contributed by atoms with Crippen LogP contribution in [0.5, 0.6) is 0 Å². The Morgan fingerprint density at radius 2 is 1.74 bits per heavy atom. The summed E-state index contributed by atoms with van der Waals surface area (Å²) in [5, 5.41) is 0. The average molecular weight is 569 g/mol. The van der Waals surface area contributed by atoms with Gasteiger partial charge in [0, 0.05) is 35.7 Å². The summed E-state index contributed by atoms with van der Waals surface area (Å²) in [5.74, 6) is -0.557. The number of methoxy groups -OCH3 is 1. The van der Waals surface area contributed by atoms with Crippen molar-refractivity contribution in [1.29, 1.82) is 0 Å². The predicted molar refractivity (Wildman–Crippen MR) is 144 cm³/mol. The molecule has 0 aromatic heterocycles. The largest absolute Gasteiger partial charge is 0.460 e. The zero-order valence-corrected chi connectivity index (χ0v) is 24.9. The topological polar surface area (TPSA) is 96.0 Å². The maximum Gasteiger partial charge on any atom is 0.333 e. The van der Waals surface area contributed by atoms with Gasteiger partial charge < -0.3 is 9.47 Å². The molecular formula is C29H41ClO7S. The van der Waals surface area contributed by atoms with Crippen LogP contribution in [0.15, 0.2) is 29.2 Å². The van der Waals surface area contributed by atoms with Gasteiger partial charge in [0.1, 0.15) is 11.9 Å². The molecule has 3 fully saturated rings. The first kappa shape index (κ1) is 29.5. The zero-order chi connectivity index (χ0) is 28.1. The van der Waals surface area contributed by atoms with E-state index in [4.69, 9.17) is 25.3 Å². The highest BCUT2D eigenvalue weighted by Crippen LogP contribution is 2.68. The van der Waals surface area contributed by atoms with E-state index < -0.39 is 39.6 Å². The first-order valence-corrected chi connectivity index (χ1v) is 15.5. The number of carbonyl (C=O) groups is 2. The Kier molecular flexibility index (Phi) is 8.14. The van der Waals surface area contributed by atoms with Crippen LogP contribution >= 0.6 is 11.6 Å². The van der Waals surface area contributed by atoms with E-state index in [1.54, 1.807) is 19.2 Å². The van der Waals surface area contributed by atoms with Gasteiger partial charge >= 0.3 is 5.97 Å². The highest BCUT2D eigenvalue weighted by Gasteiger charge is 2.68. The molecular weight excluding hydrogens is 528 g/mol. The van der Waals surface area contributed by atoms with E-state index in [9.17, 15) is 18.0 Å². The Morgan fingerprint density at radius 1 is 1.11 bits per heavy atom. The average Bonchev–Trinajstić information content (AvgIpc) is 3.29. The van der Waals surface area contributed by atoms with Crippen LogP contribution in [0.2, 0.25) is 0 Å². The summed E-state index contributed by atoms with van der Waals surface area (Å²) in [4.78, 5) is 27.1. The lowest BCUT2D eigenvalue weighted by atomic mass is 9.44. The monoisotopic (exact) mass is 568 g/mol. The molecule has 0 N–H and O–H groups in total. The Labute approximate surface area is 232 Å². The molecule has 0 unspecified atom stereocenters. The maximum atomic E-state index is 14.0. The normalized spacial score (nSPS) is 39.2. The van der Waals surface area contributed by atoms with Crippen LogP contribution in [-0.4, -0.2) is 52.0 Å². The summed E-state index contributed by atoms with van der Waals surface area (Å²) in [6.07, 6.45) is 3.09. The van der Waals surface area contributed by atoms with Crippen molar-refractivity contribution in [1.82, 2.24) is 0 Å². The predicted octanol–water partition coefficient (Wildman–Crippen LogP) is 5.31. The van der Waals surface area contributed by atoms with Gasteiger partial charge in [-0.25, -0.2) is 4.79 Å². The first-order chi connectivity index (χ1) is 17.7. The quantitative estimate of drug-likeness (QED) is 0.250. The van der Waals surface area contributed by atoms with E-state index >= 15 is 0 Å². The lowest BCUT2D eigenvalue weighted by Crippen LogP contribution is -2.63. The molecule has 7 nitrogen and oxygen atoms in total. The molecule has 0 amide bonds. The summed E-state index contributed by atoms with van der Waals surface area (Å²) in [7, 11) is -2.42. The van der Waals surface area contributed by atoms with E-state index in [0.29, 0.717) is 0 Å². The molecule has 38 heavy (non-hydrogen) atoms. The molecule has 3 saturated carbocycles. The van der Waals surface area contributed by atoms with Crippen molar-refractivity contribution < 1.29 is 31.7 Å². The van der Waals surface area contributed by atoms with Crippen molar-refractivity contribution >= 4 is 33.5 Å². The minimum Gasteiger partial charge on any atom is -0.460 e. The van der Waals surface area contributed by atoms with Crippen LogP contribution in [-0.2, 0) is 33.4 Å². The van der Waals surface area contributed by atoms with E-state index in [-0.39, 0.29) is 52.3 Å². The molecule has 0 saturated heterocycles. The number of carbonyl (C=O) groups excluding carboxylic acids is 2. The summed E-state index contributed by atoms with van der Waals surface area (Å²) < 4.78 is 42.6. The number of aryl methyl sites for hydroxylation is 1. The molecule has 3 aliphatic rings. The van der Waals surface area contributed by atoms with Gasteiger partial charge in [-0.15, -0.1) is 11.6 Å². The van der Waals surface area contributed by atoms with Crippen molar-refractivity contribution in [2.45, 2.75) is 83.8 Å². The standard InChI is InChI=1S/C29H41ClO7S/c1-18-7-9-21(10-8-18)38(33,34)36-16-24(31)37-23-15-27(4,17-30)26(32)20(3)29-13-11-19(2)28(23,5)25(29)22(35-6)12-14-29/h7-10,19-20,22-23,25H,11-17H2,1-6H3/t19-,20-,22+,23+,25+,27-,28-,29-/m0/s1. The van der Waals surface area contributed by atoms with Crippen LogP contribution in [0.3, 0.4) is 0 Å². The second-order valence-electron chi connectivity index (χ2n) is 12.3. The van der Waals surface area contributed by atoms with Gasteiger partial charge in [-0.3, -0.25) is 8.98 Å². The van der Waals surface area contributed by atoms with E-state index in [1.807, 2.05) is 20.8 Å². The molecule has 0 heterocycles. The SMILES string of the molecule is CO[C@@H]1CC[C@@]23CC[C@H](C)[C@@](C)([C@H](OC(=O)COS(=O)(=O)c4ccc(C)cc4)C[C@@](C)(CCl)C(=O)[C@@H]2C)[C@@H]13. The van der Waals surface area contributed by atoms with Gasteiger partial charge in [0.25, 0.3) is 10.1 Å². The van der Waals surface area contributed by atoms with Crippen molar-refractivity contribution in [3.8, 4) is 0 Å². The maximum absolute atomic E-state index is 14.0. The molecule has 1 aromatic carbocycles.